The second kappa shape index (κ2) is 6.09. The second-order valence-electron chi connectivity index (χ2n) is 4.82. The number of rotatable bonds is 3. The molecule has 18 heavy (non-hydrogen) atoms. The molecule has 0 spiro atoms. The molecule has 0 aromatic carbocycles. The first-order valence-electron chi connectivity index (χ1n) is 6.57. The maximum absolute atomic E-state index is 5.52. The summed E-state index contributed by atoms with van der Waals surface area (Å²) in [5, 5.41) is 0. The van der Waals surface area contributed by atoms with Crippen LogP contribution < -0.4 is 10.6 Å². The maximum atomic E-state index is 5.52. The Morgan fingerprint density at radius 2 is 2.22 bits per heavy atom. The predicted molar refractivity (Wildman–Crippen MR) is 77.8 cm³/mol. The normalized spacial score (nSPS) is 20.5. The maximum Gasteiger partial charge on any atom is 0.147 e. The third-order valence-electron chi connectivity index (χ3n) is 3.64. The highest BCUT2D eigenvalue weighted by Crippen LogP contribution is 2.22. The third-order valence-corrected chi connectivity index (χ3v) is 3.85. The zero-order valence-corrected chi connectivity index (χ0v) is 11.6. The number of nitrogens with two attached hydrogens (primary N) is 1. The predicted octanol–water partition coefficient (Wildman–Crippen LogP) is 2.13. The van der Waals surface area contributed by atoms with E-state index in [2.05, 4.69) is 21.8 Å². The Bertz CT molecular complexity index is 404. The van der Waals surface area contributed by atoms with Crippen LogP contribution in [0.3, 0.4) is 0 Å². The summed E-state index contributed by atoms with van der Waals surface area (Å²) in [5.74, 6) is 1.80. The molecule has 1 atom stereocenters. The summed E-state index contributed by atoms with van der Waals surface area (Å²) in [6, 6.07) is 0. The topological polar surface area (TPSA) is 55.0 Å². The fourth-order valence-corrected chi connectivity index (χ4v) is 2.52. The Morgan fingerprint density at radius 1 is 1.39 bits per heavy atom. The molecule has 2 heterocycles. The molecule has 1 fully saturated rings. The SMILES string of the molecule is CCC1CCCN(c2cnc(C(N)=S)cn2)CC1. The van der Waals surface area contributed by atoms with E-state index in [-0.39, 0.29) is 0 Å². The van der Waals surface area contributed by atoms with Gasteiger partial charge in [-0.2, -0.15) is 0 Å². The lowest BCUT2D eigenvalue weighted by atomic mass is 9.98. The van der Waals surface area contributed by atoms with E-state index < -0.39 is 0 Å². The van der Waals surface area contributed by atoms with Crippen LogP contribution in [0.2, 0.25) is 0 Å². The molecule has 0 radical (unpaired) electrons. The Balaban J connectivity index is 2.04. The number of aromatic nitrogens is 2. The van der Waals surface area contributed by atoms with Crippen LogP contribution in [0.25, 0.3) is 0 Å². The molecule has 1 unspecified atom stereocenters. The highest BCUT2D eigenvalue weighted by atomic mass is 32.1. The van der Waals surface area contributed by atoms with E-state index in [1.807, 2.05) is 0 Å². The van der Waals surface area contributed by atoms with Gasteiger partial charge in [-0.1, -0.05) is 25.6 Å². The summed E-state index contributed by atoms with van der Waals surface area (Å²) in [4.78, 5) is 11.3. The Morgan fingerprint density at radius 3 is 2.83 bits per heavy atom. The fourth-order valence-electron chi connectivity index (χ4n) is 2.41. The van der Waals surface area contributed by atoms with Gasteiger partial charge in [0.1, 0.15) is 16.5 Å². The van der Waals surface area contributed by atoms with Gasteiger partial charge in [-0.3, -0.25) is 0 Å². The monoisotopic (exact) mass is 264 g/mol. The van der Waals surface area contributed by atoms with E-state index >= 15 is 0 Å². The van der Waals surface area contributed by atoms with Crippen LogP contribution in [0.4, 0.5) is 5.82 Å². The summed E-state index contributed by atoms with van der Waals surface area (Å²) in [5.41, 5.74) is 6.11. The molecule has 0 amide bonds. The first kappa shape index (κ1) is 13.2. The molecule has 2 N–H and O–H groups in total. The average Bonchev–Trinajstić information content (AvgIpc) is 2.64. The molecular weight excluding hydrogens is 244 g/mol. The second-order valence-corrected chi connectivity index (χ2v) is 5.26. The van der Waals surface area contributed by atoms with E-state index in [4.69, 9.17) is 18.0 Å². The average molecular weight is 264 g/mol. The van der Waals surface area contributed by atoms with Gasteiger partial charge in [0, 0.05) is 13.1 Å². The largest absolute Gasteiger partial charge is 0.388 e. The summed E-state index contributed by atoms with van der Waals surface area (Å²) >= 11 is 4.88. The number of hydrogen-bond donors (Lipinski definition) is 1. The van der Waals surface area contributed by atoms with Gasteiger partial charge in [-0.25, -0.2) is 9.97 Å². The Labute approximate surface area is 114 Å². The summed E-state index contributed by atoms with van der Waals surface area (Å²) in [7, 11) is 0. The van der Waals surface area contributed by atoms with Crippen molar-refractivity contribution in [2.75, 3.05) is 18.0 Å². The molecule has 1 saturated heterocycles. The van der Waals surface area contributed by atoms with Crippen LogP contribution in [0.15, 0.2) is 12.4 Å². The molecule has 98 valence electrons. The third kappa shape index (κ3) is 3.16. The lowest BCUT2D eigenvalue weighted by Gasteiger charge is -2.21. The highest BCUT2D eigenvalue weighted by molar-refractivity contribution is 7.80. The van der Waals surface area contributed by atoms with Gasteiger partial charge in [-0.05, 0) is 25.2 Å². The zero-order valence-electron chi connectivity index (χ0n) is 10.8. The van der Waals surface area contributed by atoms with Crippen molar-refractivity contribution >= 4 is 23.0 Å². The van der Waals surface area contributed by atoms with Crippen LogP contribution in [-0.4, -0.2) is 28.0 Å². The molecule has 5 heteroatoms. The summed E-state index contributed by atoms with van der Waals surface area (Å²) < 4.78 is 0. The molecule has 2 rings (SSSR count). The lowest BCUT2D eigenvalue weighted by molar-refractivity contribution is 0.459. The quantitative estimate of drug-likeness (QED) is 0.848. The van der Waals surface area contributed by atoms with Crippen molar-refractivity contribution in [1.29, 1.82) is 0 Å². The van der Waals surface area contributed by atoms with Crippen molar-refractivity contribution in [2.24, 2.45) is 11.7 Å². The van der Waals surface area contributed by atoms with Gasteiger partial charge < -0.3 is 10.6 Å². The minimum absolute atomic E-state index is 0.302. The smallest absolute Gasteiger partial charge is 0.147 e. The van der Waals surface area contributed by atoms with Gasteiger partial charge in [0.2, 0.25) is 0 Å². The van der Waals surface area contributed by atoms with E-state index in [0.717, 1.165) is 24.8 Å². The molecular formula is C13H20N4S. The van der Waals surface area contributed by atoms with Crippen LogP contribution in [0, 0.1) is 5.92 Å². The molecule has 1 aliphatic rings. The molecule has 1 aromatic rings. The van der Waals surface area contributed by atoms with Gasteiger partial charge in [0.15, 0.2) is 0 Å². The number of hydrogen-bond acceptors (Lipinski definition) is 4. The van der Waals surface area contributed by atoms with E-state index in [0.29, 0.717) is 10.7 Å². The molecule has 1 aliphatic heterocycles. The standard InChI is InChI=1S/C13H20N4S/c1-2-10-4-3-6-17(7-5-10)12-9-15-11(8-16-12)13(14)18/h8-10H,2-7H2,1H3,(H2,14,18). The highest BCUT2D eigenvalue weighted by Gasteiger charge is 2.17. The molecule has 0 saturated carbocycles. The van der Waals surface area contributed by atoms with Crippen LogP contribution >= 0.6 is 12.2 Å². The summed E-state index contributed by atoms with van der Waals surface area (Å²) in [6.07, 6.45) is 8.53. The summed E-state index contributed by atoms with van der Waals surface area (Å²) in [6.45, 7) is 4.41. The Hall–Kier alpha value is -1.23. The van der Waals surface area contributed by atoms with E-state index in [1.54, 1.807) is 12.4 Å². The minimum Gasteiger partial charge on any atom is -0.388 e. The molecule has 0 bridgehead atoms. The van der Waals surface area contributed by atoms with Gasteiger partial charge in [0.05, 0.1) is 12.4 Å². The number of anilines is 1. The lowest BCUT2D eigenvalue weighted by Crippen LogP contribution is -2.25. The number of nitrogens with zero attached hydrogens (tertiary/aromatic N) is 3. The van der Waals surface area contributed by atoms with Crippen molar-refractivity contribution in [2.45, 2.75) is 32.6 Å². The van der Waals surface area contributed by atoms with Crippen LogP contribution in [0.5, 0.6) is 0 Å². The van der Waals surface area contributed by atoms with E-state index in [1.165, 1.54) is 25.7 Å². The van der Waals surface area contributed by atoms with Crippen molar-refractivity contribution in [3.63, 3.8) is 0 Å². The van der Waals surface area contributed by atoms with Crippen molar-refractivity contribution < 1.29 is 0 Å². The van der Waals surface area contributed by atoms with Crippen molar-refractivity contribution in [3.05, 3.63) is 18.1 Å². The van der Waals surface area contributed by atoms with Crippen molar-refractivity contribution in [1.82, 2.24) is 9.97 Å². The molecule has 0 aliphatic carbocycles. The van der Waals surface area contributed by atoms with Crippen LogP contribution in [-0.2, 0) is 0 Å². The molecule has 4 nitrogen and oxygen atoms in total. The number of thiocarbonyl (C=S) groups is 1. The van der Waals surface area contributed by atoms with Gasteiger partial charge in [-0.15, -0.1) is 0 Å². The van der Waals surface area contributed by atoms with Crippen molar-refractivity contribution in [3.8, 4) is 0 Å². The van der Waals surface area contributed by atoms with Gasteiger partial charge >= 0.3 is 0 Å². The first-order valence-corrected chi connectivity index (χ1v) is 6.98. The fraction of sp³-hybridized carbons (Fsp3) is 0.615. The Kier molecular flexibility index (Phi) is 4.47. The van der Waals surface area contributed by atoms with Gasteiger partial charge in [0.25, 0.3) is 0 Å². The molecule has 1 aromatic heterocycles. The minimum atomic E-state index is 0.302. The first-order chi connectivity index (χ1) is 8.70. The van der Waals surface area contributed by atoms with Crippen LogP contribution in [0.1, 0.15) is 38.3 Å². The zero-order chi connectivity index (χ0) is 13.0. The van der Waals surface area contributed by atoms with E-state index in [9.17, 15) is 0 Å².